The molecule has 0 aliphatic rings. The third-order valence-electron chi connectivity index (χ3n) is 2.83. The summed E-state index contributed by atoms with van der Waals surface area (Å²) in [5, 5.41) is 13.6. The maximum Gasteiger partial charge on any atom is 0.282 e. The molecule has 0 heterocycles. The molecule has 1 N–H and O–H groups in total. The number of hydrogen-bond donors (Lipinski definition) is 1. The van der Waals surface area contributed by atoms with Crippen molar-refractivity contribution in [2.24, 2.45) is 0 Å². The van der Waals surface area contributed by atoms with Crippen LogP contribution in [0.1, 0.15) is 22.8 Å². The zero-order valence-electron chi connectivity index (χ0n) is 11.9. The SMILES string of the molecule is COC(OC)C(C)NC(=O)c1cc(C)ccc1[N+](=O)[O-]. The molecule has 0 radical (unpaired) electrons. The van der Waals surface area contributed by atoms with E-state index in [2.05, 4.69) is 5.32 Å². The van der Waals surface area contributed by atoms with Gasteiger partial charge in [0.15, 0.2) is 6.29 Å². The highest BCUT2D eigenvalue weighted by Gasteiger charge is 2.24. The molecule has 0 saturated heterocycles. The number of benzene rings is 1. The fraction of sp³-hybridized carbons (Fsp3) is 0.462. The van der Waals surface area contributed by atoms with Gasteiger partial charge in [0.2, 0.25) is 0 Å². The van der Waals surface area contributed by atoms with Crippen LogP contribution in [0.2, 0.25) is 0 Å². The zero-order valence-corrected chi connectivity index (χ0v) is 11.9. The number of rotatable bonds is 6. The van der Waals surface area contributed by atoms with Crippen molar-refractivity contribution < 1.29 is 19.2 Å². The molecule has 0 bridgehead atoms. The molecule has 0 aliphatic carbocycles. The Morgan fingerprint density at radius 1 is 1.35 bits per heavy atom. The van der Waals surface area contributed by atoms with Crippen LogP contribution in [-0.4, -0.2) is 37.4 Å². The van der Waals surface area contributed by atoms with Gasteiger partial charge in [-0.2, -0.15) is 0 Å². The Hall–Kier alpha value is -1.99. The Morgan fingerprint density at radius 2 is 1.95 bits per heavy atom. The molecule has 1 unspecified atom stereocenters. The van der Waals surface area contributed by atoms with Crippen LogP contribution in [0, 0.1) is 17.0 Å². The quantitative estimate of drug-likeness (QED) is 0.486. The lowest BCUT2D eigenvalue weighted by molar-refractivity contribution is -0.385. The standard InChI is InChI=1S/C13H18N2O5/c1-8-5-6-11(15(17)18)10(7-8)12(16)14-9(2)13(19-3)20-4/h5-7,9,13H,1-4H3,(H,14,16). The summed E-state index contributed by atoms with van der Waals surface area (Å²) in [5.74, 6) is -0.535. The summed E-state index contributed by atoms with van der Waals surface area (Å²) in [4.78, 5) is 22.5. The maximum atomic E-state index is 12.1. The number of ether oxygens (including phenoxy) is 2. The van der Waals surface area contributed by atoms with Crippen molar-refractivity contribution in [2.75, 3.05) is 14.2 Å². The molecule has 1 atom stereocenters. The number of carbonyl (C=O) groups is 1. The monoisotopic (exact) mass is 282 g/mol. The largest absolute Gasteiger partial charge is 0.354 e. The van der Waals surface area contributed by atoms with Crippen LogP contribution in [0.4, 0.5) is 5.69 Å². The van der Waals surface area contributed by atoms with Crippen LogP contribution in [-0.2, 0) is 9.47 Å². The molecule has 20 heavy (non-hydrogen) atoms. The van der Waals surface area contributed by atoms with Crippen molar-refractivity contribution in [2.45, 2.75) is 26.2 Å². The van der Waals surface area contributed by atoms with Gasteiger partial charge >= 0.3 is 0 Å². The summed E-state index contributed by atoms with van der Waals surface area (Å²) in [6, 6.07) is 3.94. The molecule has 0 saturated carbocycles. The Bertz CT molecular complexity index is 500. The van der Waals surface area contributed by atoms with E-state index in [9.17, 15) is 14.9 Å². The second-order valence-corrected chi connectivity index (χ2v) is 4.38. The van der Waals surface area contributed by atoms with Gasteiger partial charge in [0.1, 0.15) is 5.56 Å². The van der Waals surface area contributed by atoms with Crippen molar-refractivity contribution in [1.82, 2.24) is 5.32 Å². The second kappa shape index (κ2) is 6.97. The first-order chi connectivity index (χ1) is 9.40. The smallest absolute Gasteiger partial charge is 0.282 e. The molecule has 0 fully saturated rings. The number of amides is 1. The molecule has 1 aromatic rings. The number of hydrogen-bond acceptors (Lipinski definition) is 5. The van der Waals surface area contributed by atoms with Gasteiger partial charge in [0, 0.05) is 20.3 Å². The minimum Gasteiger partial charge on any atom is -0.354 e. The summed E-state index contributed by atoms with van der Waals surface area (Å²) in [6.07, 6.45) is -0.622. The summed E-state index contributed by atoms with van der Waals surface area (Å²) < 4.78 is 10.1. The number of nitrogens with zero attached hydrogens (tertiary/aromatic N) is 1. The van der Waals surface area contributed by atoms with E-state index in [0.717, 1.165) is 5.56 Å². The Kier molecular flexibility index (Phi) is 5.60. The van der Waals surface area contributed by atoms with Crippen molar-refractivity contribution in [3.05, 3.63) is 39.4 Å². The van der Waals surface area contributed by atoms with E-state index in [4.69, 9.17) is 9.47 Å². The van der Waals surface area contributed by atoms with Crippen LogP contribution in [0.15, 0.2) is 18.2 Å². The van der Waals surface area contributed by atoms with E-state index in [1.807, 2.05) is 0 Å². The molecule has 1 aromatic carbocycles. The summed E-state index contributed by atoms with van der Waals surface area (Å²) in [5.41, 5.74) is 0.558. The highest BCUT2D eigenvalue weighted by molar-refractivity contribution is 5.98. The second-order valence-electron chi connectivity index (χ2n) is 4.38. The van der Waals surface area contributed by atoms with Crippen LogP contribution >= 0.6 is 0 Å². The molecule has 1 rings (SSSR count). The third kappa shape index (κ3) is 3.75. The molecular weight excluding hydrogens is 264 g/mol. The average Bonchev–Trinajstić information content (AvgIpc) is 2.39. The number of nitro groups is 1. The normalized spacial score (nSPS) is 12.2. The number of nitrogens with one attached hydrogen (secondary N) is 1. The maximum absolute atomic E-state index is 12.1. The molecule has 110 valence electrons. The van der Waals surface area contributed by atoms with Crippen LogP contribution in [0.5, 0.6) is 0 Å². The Morgan fingerprint density at radius 3 is 2.45 bits per heavy atom. The highest BCUT2D eigenvalue weighted by Crippen LogP contribution is 2.20. The highest BCUT2D eigenvalue weighted by atomic mass is 16.7. The molecule has 0 spiro atoms. The predicted octanol–water partition coefficient (Wildman–Crippen LogP) is 1.64. The number of methoxy groups -OCH3 is 2. The van der Waals surface area contributed by atoms with E-state index in [1.54, 1.807) is 19.9 Å². The lowest BCUT2D eigenvalue weighted by Crippen LogP contribution is -2.43. The minimum absolute atomic E-state index is 0.0211. The lowest BCUT2D eigenvalue weighted by atomic mass is 10.1. The van der Waals surface area contributed by atoms with Gasteiger partial charge in [0.25, 0.3) is 11.6 Å². The van der Waals surface area contributed by atoms with Gasteiger partial charge in [-0.3, -0.25) is 14.9 Å². The molecule has 0 aliphatic heterocycles. The number of aryl methyl sites for hydroxylation is 1. The first kappa shape index (κ1) is 16.1. The number of nitro benzene ring substituents is 1. The number of carbonyl (C=O) groups excluding carboxylic acids is 1. The van der Waals surface area contributed by atoms with Gasteiger partial charge in [0.05, 0.1) is 11.0 Å². The fourth-order valence-electron chi connectivity index (χ4n) is 1.85. The summed E-state index contributed by atoms with van der Waals surface area (Å²) >= 11 is 0. The van der Waals surface area contributed by atoms with Gasteiger partial charge in [-0.1, -0.05) is 6.07 Å². The molecule has 7 heteroatoms. The van der Waals surface area contributed by atoms with Crippen molar-refractivity contribution >= 4 is 11.6 Å². The average molecular weight is 282 g/mol. The van der Waals surface area contributed by atoms with E-state index < -0.39 is 23.2 Å². The van der Waals surface area contributed by atoms with Crippen molar-refractivity contribution in [3.63, 3.8) is 0 Å². The third-order valence-corrected chi connectivity index (χ3v) is 2.83. The minimum atomic E-state index is -0.622. The molecule has 1 amide bonds. The van der Waals surface area contributed by atoms with Crippen LogP contribution < -0.4 is 5.32 Å². The zero-order chi connectivity index (χ0) is 15.3. The topological polar surface area (TPSA) is 90.7 Å². The Labute approximate surface area is 117 Å². The summed E-state index contributed by atoms with van der Waals surface area (Å²) in [7, 11) is 2.90. The van der Waals surface area contributed by atoms with E-state index in [-0.39, 0.29) is 11.3 Å². The van der Waals surface area contributed by atoms with Gasteiger partial charge in [-0.05, 0) is 25.5 Å². The van der Waals surface area contributed by atoms with Crippen LogP contribution in [0.3, 0.4) is 0 Å². The molecule has 0 aromatic heterocycles. The van der Waals surface area contributed by atoms with Gasteiger partial charge in [-0.15, -0.1) is 0 Å². The van der Waals surface area contributed by atoms with Crippen molar-refractivity contribution in [3.8, 4) is 0 Å². The molecule has 7 nitrogen and oxygen atoms in total. The molecular formula is C13H18N2O5. The lowest BCUT2D eigenvalue weighted by Gasteiger charge is -2.22. The van der Waals surface area contributed by atoms with Gasteiger partial charge < -0.3 is 14.8 Å². The van der Waals surface area contributed by atoms with E-state index in [0.29, 0.717) is 0 Å². The van der Waals surface area contributed by atoms with E-state index in [1.165, 1.54) is 26.4 Å². The Balaban J connectivity index is 2.97. The first-order valence-electron chi connectivity index (χ1n) is 6.02. The predicted molar refractivity (Wildman–Crippen MR) is 72.6 cm³/mol. The van der Waals surface area contributed by atoms with Crippen LogP contribution in [0.25, 0.3) is 0 Å². The first-order valence-corrected chi connectivity index (χ1v) is 6.02. The van der Waals surface area contributed by atoms with E-state index >= 15 is 0 Å². The van der Waals surface area contributed by atoms with Crippen molar-refractivity contribution in [1.29, 1.82) is 0 Å². The summed E-state index contributed by atoms with van der Waals surface area (Å²) in [6.45, 7) is 3.45. The fourth-order valence-corrected chi connectivity index (χ4v) is 1.85. The van der Waals surface area contributed by atoms with Gasteiger partial charge in [-0.25, -0.2) is 0 Å².